The molecule has 11 heteroatoms. The van der Waals surface area contributed by atoms with Crippen molar-refractivity contribution in [1.29, 1.82) is 0 Å². The highest BCUT2D eigenvalue weighted by Crippen LogP contribution is 2.38. The van der Waals surface area contributed by atoms with E-state index in [4.69, 9.17) is 20.4 Å². The van der Waals surface area contributed by atoms with Crippen molar-refractivity contribution in [2.24, 2.45) is 10.7 Å². The molecule has 4 aliphatic heterocycles. The zero-order valence-corrected chi connectivity index (χ0v) is 22.6. The Bertz CT molecular complexity index is 1260. The summed E-state index contributed by atoms with van der Waals surface area (Å²) in [4.78, 5) is 35.8. The number of likely N-dealkylation sites (N-methyl/N-ethyl adjacent to an activating group) is 1. The standard InChI is InChI=1S/C28H37N9O2/c1-34-10-12-35(13-11-34)24(38)7-4-20-2-5-22(6-3-20)37-9-8-23-25(21-18-30-27(29)31-19-21)32-28(33-26(23)37)36-14-16-39-17-15-36/h2-3,5-6,18H,4,7-17,19H2,1H3,(H3,29,30,31). The Morgan fingerprint density at radius 1 is 1.03 bits per heavy atom. The monoisotopic (exact) mass is 531 g/mol. The van der Waals surface area contributed by atoms with E-state index in [1.165, 1.54) is 5.56 Å². The largest absolute Gasteiger partial charge is 0.378 e. The highest BCUT2D eigenvalue weighted by atomic mass is 16.5. The Morgan fingerprint density at radius 3 is 2.51 bits per heavy atom. The van der Waals surface area contributed by atoms with E-state index in [0.29, 0.717) is 32.1 Å². The third-order valence-corrected chi connectivity index (χ3v) is 7.96. The van der Waals surface area contributed by atoms with E-state index >= 15 is 0 Å². The van der Waals surface area contributed by atoms with Gasteiger partial charge in [-0.3, -0.25) is 4.79 Å². The van der Waals surface area contributed by atoms with E-state index in [1.54, 1.807) is 0 Å². The van der Waals surface area contributed by atoms with Crippen molar-refractivity contribution in [2.45, 2.75) is 19.3 Å². The van der Waals surface area contributed by atoms with Gasteiger partial charge >= 0.3 is 0 Å². The molecule has 0 radical (unpaired) electrons. The molecule has 1 aromatic carbocycles. The molecule has 0 bridgehead atoms. The summed E-state index contributed by atoms with van der Waals surface area (Å²) in [6.45, 7) is 7.84. The van der Waals surface area contributed by atoms with Crippen LogP contribution in [0.2, 0.25) is 0 Å². The summed E-state index contributed by atoms with van der Waals surface area (Å²) in [5.74, 6) is 2.34. The van der Waals surface area contributed by atoms with Crippen molar-refractivity contribution in [1.82, 2.24) is 25.1 Å². The van der Waals surface area contributed by atoms with Gasteiger partial charge in [0.15, 0.2) is 5.96 Å². The second-order valence-corrected chi connectivity index (χ2v) is 10.5. The lowest BCUT2D eigenvalue weighted by Gasteiger charge is -2.32. The summed E-state index contributed by atoms with van der Waals surface area (Å²) < 4.78 is 5.56. The molecular formula is C28H37N9O2. The van der Waals surface area contributed by atoms with Crippen LogP contribution < -0.4 is 20.9 Å². The number of hydrogen-bond donors (Lipinski definition) is 2. The average Bonchev–Trinajstić information content (AvgIpc) is 3.41. The summed E-state index contributed by atoms with van der Waals surface area (Å²) in [6.07, 6.45) is 3.97. The summed E-state index contributed by atoms with van der Waals surface area (Å²) in [7, 11) is 2.10. The molecule has 1 amide bonds. The number of carbonyl (C=O) groups excluding carboxylic acids is 1. The van der Waals surface area contributed by atoms with Crippen LogP contribution in [0.25, 0.3) is 5.57 Å². The molecule has 5 heterocycles. The van der Waals surface area contributed by atoms with E-state index in [2.05, 4.69) is 56.3 Å². The van der Waals surface area contributed by atoms with Gasteiger partial charge in [-0.15, -0.1) is 0 Å². The summed E-state index contributed by atoms with van der Waals surface area (Å²) in [5, 5.41) is 3.14. The van der Waals surface area contributed by atoms with Gasteiger partial charge in [0.05, 0.1) is 18.9 Å². The fourth-order valence-electron chi connectivity index (χ4n) is 5.54. The number of ether oxygens (including phenoxy) is 1. The van der Waals surface area contributed by atoms with Crippen molar-refractivity contribution < 1.29 is 9.53 Å². The smallest absolute Gasteiger partial charge is 0.228 e. The highest BCUT2D eigenvalue weighted by Gasteiger charge is 2.30. The lowest BCUT2D eigenvalue weighted by atomic mass is 10.1. The molecule has 4 aliphatic rings. The summed E-state index contributed by atoms with van der Waals surface area (Å²) in [6, 6.07) is 8.57. The normalized spacial score (nSPS) is 19.9. The van der Waals surface area contributed by atoms with E-state index < -0.39 is 0 Å². The van der Waals surface area contributed by atoms with Crippen LogP contribution in [-0.4, -0.2) is 104 Å². The van der Waals surface area contributed by atoms with Crippen molar-refractivity contribution in [3.8, 4) is 0 Å². The number of anilines is 3. The zero-order chi connectivity index (χ0) is 26.8. The van der Waals surface area contributed by atoms with Crippen LogP contribution in [0.4, 0.5) is 17.5 Å². The van der Waals surface area contributed by atoms with Crippen molar-refractivity contribution in [3.63, 3.8) is 0 Å². The first-order chi connectivity index (χ1) is 19.0. The van der Waals surface area contributed by atoms with Crippen LogP contribution in [0.3, 0.4) is 0 Å². The molecule has 0 aliphatic carbocycles. The number of fused-ring (bicyclic) bond motifs is 1. The molecule has 0 atom stereocenters. The van der Waals surface area contributed by atoms with Gasteiger partial charge in [-0.1, -0.05) is 12.1 Å². The van der Waals surface area contributed by atoms with Gasteiger partial charge in [0.1, 0.15) is 5.82 Å². The number of guanidine groups is 1. The molecule has 0 unspecified atom stereocenters. The SMILES string of the molecule is CN1CCN(C(=O)CCc2ccc(N3CCc4c(C5=CN=C(N)NC5)nc(N5CCOCC5)nc43)cc2)CC1. The highest BCUT2D eigenvalue weighted by molar-refractivity contribution is 5.86. The molecule has 6 rings (SSSR count). The topological polar surface area (TPSA) is 115 Å². The zero-order valence-electron chi connectivity index (χ0n) is 22.6. The van der Waals surface area contributed by atoms with Gasteiger partial charge in [0.2, 0.25) is 11.9 Å². The van der Waals surface area contributed by atoms with Gasteiger partial charge in [-0.25, -0.2) is 9.98 Å². The predicted octanol–water partition coefficient (Wildman–Crippen LogP) is 0.973. The number of carbonyl (C=O) groups is 1. The average molecular weight is 532 g/mol. The number of aromatic nitrogens is 2. The van der Waals surface area contributed by atoms with Gasteiger partial charge in [0, 0.05) is 81.8 Å². The third-order valence-electron chi connectivity index (χ3n) is 7.96. The molecule has 11 nitrogen and oxygen atoms in total. The predicted molar refractivity (Wildman–Crippen MR) is 152 cm³/mol. The first kappa shape index (κ1) is 25.6. The van der Waals surface area contributed by atoms with Crippen molar-refractivity contribution in [2.75, 3.05) is 82.4 Å². The summed E-state index contributed by atoms with van der Waals surface area (Å²) >= 11 is 0. The number of amides is 1. The molecule has 206 valence electrons. The number of morpholine rings is 1. The molecule has 0 spiro atoms. The Kier molecular flexibility index (Phi) is 7.34. The van der Waals surface area contributed by atoms with Crippen LogP contribution in [0.5, 0.6) is 0 Å². The first-order valence-electron chi connectivity index (χ1n) is 13.9. The number of nitrogens with zero attached hydrogens (tertiary/aromatic N) is 7. The quantitative estimate of drug-likeness (QED) is 0.563. The number of benzene rings is 1. The fourth-order valence-corrected chi connectivity index (χ4v) is 5.54. The number of aryl methyl sites for hydroxylation is 1. The Hall–Kier alpha value is -3.70. The Morgan fingerprint density at radius 2 is 1.79 bits per heavy atom. The van der Waals surface area contributed by atoms with Crippen LogP contribution in [-0.2, 0) is 22.4 Å². The van der Waals surface area contributed by atoms with Crippen LogP contribution in [0.15, 0.2) is 35.5 Å². The molecule has 0 saturated carbocycles. The number of rotatable bonds is 6. The number of nitrogens with one attached hydrogen (secondary N) is 1. The van der Waals surface area contributed by atoms with Gasteiger partial charge in [-0.05, 0) is 37.6 Å². The Balaban J connectivity index is 1.21. The van der Waals surface area contributed by atoms with Gasteiger partial charge in [-0.2, -0.15) is 4.98 Å². The molecule has 2 fully saturated rings. The van der Waals surface area contributed by atoms with E-state index in [9.17, 15) is 4.79 Å². The maximum Gasteiger partial charge on any atom is 0.228 e. The molecular weight excluding hydrogens is 494 g/mol. The van der Waals surface area contributed by atoms with E-state index in [0.717, 1.165) is 92.9 Å². The second-order valence-electron chi connectivity index (χ2n) is 10.5. The minimum atomic E-state index is 0.248. The maximum atomic E-state index is 12.7. The van der Waals surface area contributed by atoms with E-state index in [1.807, 2.05) is 11.1 Å². The molecule has 2 saturated heterocycles. The first-order valence-corrected chi connectivity index (χ1v) is 13.9. The number of aliphatic imine (C=N–C) groups is 1. The fraction of sp³-hybridized carbons (Fsp3) is 0.500. The lowest BCUT2D eigenvalue weighted by Crippen LogP contribution is -2.47. The van der Waals surface area contributed by atoms with Crippen molar-refractivity contribution >= 4 is 34.9 Å². The van der Waals surface area contributed by atoms with Crippen LogP contribution in [0, 0.1) is 0 Å². The van der Waals surface area contributed by atoms with Gasteiger partial charge < -0.3 is 35.4 Å². The third kappa shape index (κ3) is 5.55. The number of hydrogen-bond acceptors (Lipinski definition) is 10. The minimum Gasteiger partial charge on any atom is -0.378 e. The van der Waals surface area contributed by atoms with Crippen LogP contribution in [0.1, 0.15) is 23.2 Å². The molecule has 39 heavy (non-hydrogen) atoms. The maximum absolute atomic E-state index is 12.7. The van der Waals surface area contributed by atoms with Gasteiger partial charge in [0.25, 0.3) is 0 Å². The molecule has 3 N–H and O–H groups in total. The molecule has 1 aromatic heterocycles. The number of nitrogens with two attached hydrogens (primary N) is 1. The van der Waals surface area contributed by atoms with Crippen molar-refractivity contribution in [3.05, 3.63) is 47.3 Å². The second kappa shape index (κ2) is 11.2. The molecule has 2 aromatic rings. The minimum absolute atomic E-state index is 0.248. The van der Waals surface area contributed by atoms with E-state index in [-0.39, 0.29) is 5.91 Å². The number of piperazine rings is 1. The summed E-state index contributed by atoms with van der Waals surface area (Å²) in [5.41, 5.74) is 11.2. The Labute approximate surface area is 229 Å². The lowest BCUT2D eigenvalue weighted by molar-refractivity contribution is -0.132. The van der Waals surface area contributed by atoms with Crippen LogP contribution >= 0.6 is 0 Å².